The average Bonchev–Trinajstić information content (AvgIpc) is 2.27. The molecular formula is C6H6N4O4. The van der Waals surface area contributed by atoms with Crippen LogP contribution in [0, 0.1) is 0 Å². The van der Waals surface area contributed by atoms with Crippen LogP contribution in [0.2, 0.25) is 0 Å². The molecule has 74 valence electrons. The van der Waals surface area contributed by atoms with Gasteiger partial charge in [0.15, 0.2) is 0 Å². The van der Waals surface area contributed by atoms with E-state index < -0.39 is 11.8 Å². The van der Waals surface area contributed by atoms with Crippen molar-refractivity contribution in [1.29, 1.82) is 0 Å². The Morgan fingerprint density at radius 3 is 1.57 bits per heavy atom. The van der Waals surface area contributed by atoms with Crippen LogP contribution in [0.5, 0.6) is 0 Å². The molecule has 0 aliphatic rings. The fraction of sp³-hybridized carbons (Fsp3) is 0. The smallest absolute Gasteiger partial charge is 0.288 e. The van der Waals surface area contributed by atoms with Gasteiger partial charge in [0.2, 0.25) is 0 Å². The molecule has 0 saturated heterocycles. The lowest BCUT2D eigenvalue weighted by molar-refractivity contribution is 0.0688. The maximum Gasteiger partial charge on any atom is 0.294 e. The Bertz CT molecular complexity index is 314. The van der Waals surface area contributed by atoms with Crippen molar-refractivity contribution >= 4 is 11.8 Å². The van der Waals surface area contributed by atoms with Crippen LogP contribution in [-0.2, 0) is 0 Å². The van der Waals surface area contributed by atoms with E-state index in [9.17, 15) is 9.59 Å². The second-order valence-electron chi connectivity index (χ2n) is 2.17. The molecule has 0 fully saturated rings. The molecule has 0 bridgehead atoms. The van der Waals surface area contributed by atoms with Gasteiger partial charge in [-0.1, -0.05) is 0 Å². The molecule has 0 aliphatic carbocycles. The first kappa shape index (κ1) is 10.0. The maximum absolute atomic E-state index is 10.8. The molecule has 0 aromatic carbocycles. The molecule has 1 rings (SSSR count). The Kier molecular flexibility index (Phi) is 3.05. The van der Waals surface area contributed by atoms with Crippen molar-refractivity contribution in [2.75, 3.05) is 0 Å². The number of aromatic nitrogens is 2. The Balaban J connectivity index is 2.89. The van der Waals surface area contributed by atoms with Crippen LogP contribution in [0.3, 0.4) is 0 Å². The van der Waals surface area contributed by atoms with E-state index in [4.69, 9.17) is 10.4 Å². The summed E-state index contributed by atoms with van der Waals surface area (Å²) in [5.41, 5.74) is 2.40. The molecular weight excluding hydrogens is 192 g/mol. The van der Waals surface area contributed by atoms with E-state index >= 15 is 0 Å². The van der Waals surface area contributed by atoms with Gasteiger partial charge in [-0.25, -0.2) is 20.9 Å². The summed E-state index contributed by atoms with van der Waals surface area (Å²) in [5.74, 6) is -1.68. The lowest BCUT2D eigenvalue weighted by atomic mass is 10.4. The third-order valence-corrected chi connectivity index (χ3v) is 1.32. The number of amides is 2. The van der Waals surface area contributed by atoms with Gasteiger partial charge in [-0.05, 0) is 0 Å². The molecule has 1 heterocycles. The van der Waals surface area contributed by atoms with Gasteiger partial charge in [-0.3, -0.25) is 20.0 Å². The summed E-state index contributed by atoms with van der Waals surface area (Å²) >= 11 is 0. The van der Waals surface area contributed by atoms with Crippen LogP contribution >= 0.6 is 0 Å². The average molecular weight is 198 g/mol. The Morgan fingerprint density at radius 2 is 1.36 bits per heavy atom. The fourth-order valence-electron chi connectivity index (χ4n) is 0.677. The van der Waals surface area contributed by atoms with Crippen molar-refractivity contribution in [3.63, 3.8) is 0 Å². The van der Waals surface area contributed by atoms with Gasteiger partial charge in [-0.15, -0.1) is 0 Å². The van der Waals surface area contributed by atoms with Gasteiger partial charge >= 0.3 is 0 Å². The van der Waals surface area contributed by atoms with Crippen molar-refractivity contribution in [2.45, 2.75) is 0 Å². The van der Waals surface area contributed by atoms with Gasteiger partial charge in [0, 0.05) is 0 Å². The SMILES string of the molecule is O=C(NO)c1cnc(C(=O)NO)cn1. The second kappa shape index (κ2) is 4.25. The molecule has 4 N–H and O–H groups in total. The van der Waals surface area contributed by atoms with Crippen LogP contribution in [0.4, 0.5) is 0 Å². The van der Waals surface area contributed by atoms with E-state index in [1.807, 2.05) is 0 Å². The van der Waals surface area contributed by atoms with Crippen molar-refractivity contribution in [3.8, 4) is 0 Å². The second-order valence-corrected chi connectivity index (χ2v) is 2.17. The molecule has 0 aliphatic heterocycles. The Labute approximate surface area is 77.5 Å². The summed E-state index contributed by atoms with van der Waals surface area (Å²) in [4.78, 5) is 28.5. The van der Waals surface area contributed by atoms with Gasteiger partial charge in [-0.2, -0.15) is 0 Å². The van der Waals surface area contributed by atoms with E-state index in [1.54, 1.807) is 0 Å². The molecule has 0 radical (unpaired) electrons. The molecule has 14 heavy (non-hydrogen) atoms. The molecule has 0 spiro atoms. The quantitative estimate of drug-likeness (QED) is 0.346. The van der Waals surface area contributed by atoms with E-state index in [2.05, 4.69) is 9.97 Å². The molecule has 1 aromatic rings. The predicted octanol–water partition coefficient (Wildman–Crippen LogP) is -1.29. The van der Waals surface area contributed by atoms with E-state index in [-0.39, 0.29) is 11.4 Å². The highest BCUT2D eigenvalue weighted by molar-refractivity contribution is 5.93. The van der Waals surface area contributed by atoms with Gasteiger partial charge in [0.05, 0.1) is 12.4 Å². The summed E-state index contributed by atoms with van der Waals surface area (Å²) in [7, 11) is 0. The Hall–Kier alpha value is -2.06. The van der Waals surface area contributed by atoms with E-state index in [1.165, 1.54) is 11.0 Å². The van der Waals surface area contributed by atoms with Gasteiger partial charge < -0.3 is 0 Å². The zero-order chi connectivity index (χ0) is 10.6. The van der Waals surface area contributed by atoms with Crippen molar-refractivity contribution < 1.29 is 20.0 Å². The van der Waals surface area contributed by atoms with Crippen molar-refractivity contribution in [1.82, 2.24) is 20.9 Å². The van der Waals surface area contributed by atoms with Crippen LogP contribution in [0.25, 0.3) is 0 Å². The summed E-state index contributed by atoms with van der Waals surface area (Å²) in [6.45, 7) is 0. The molecule has 0 saturated carbocycles. The topological polar surface area (TPSA) is 124 Å². The first-order valence-electron chi connectivity index (χ1n) is 3.40. The number of carbonyl (C=O) groups excluding carboxylic acids is 2. The van der Waals surface area contributed by atoms with Gasteiger partial charge in [0.25, 0.3) is 11.8 Å². The number of rotatable bonds is 2. The van der Waals surface area contributed by atoms with Crippen molar-refractivity contribution in [3.05, 3.63) is 23.8 Å². The number of nitrogens with one attached hydrogen (secondary N) is 2. The first-order chi connectivity index (χ1) is 6.69. The summed E-state index contributed by atoms with van der Waals surface area (Å²) in [6.07, 6.45) is 1.96. The van der Waals surface area contributed by atoms with Gasteiger partial charge in [0.1, 0.15) is 11.4 Å². The minimum atomic E-state index is -0.839. The third-order valence-electron chi connectivity index (χ3n) is 1.32. The molecule has 0 atom stereocenters. The summed E-state index contributed by atoms with van der Waals surface area (Å²) in [6, 6.07) is 0. The molecule has 8 heteroatoms. The zero-order valence-electron chi connectivity index (χ0n) is 6.76. The fourth-order valence-corrected chi connectivity index (χ4v) is 0.677. The molecule has 0 unspecified atom stereocenters. The lowest BCUT2D eigenvalue weighted by Gasteiger charge is -1.98. The largest absolute Gasteiger partial charge is 0.294 e. The van der Waals surface area contributed by atoms with Crippen LogP contribution in [0.15, 0.2) is 12.4 Å². The minimum Gasteiger partial charge on any atom is -0.288 e. The normalized spacial score (nSPS) is 9.29. The number of hydrogen-bond acceptors (Lipinski definition) is 6. The monoisotopic (exact) mass is 198 g/mol. The lowest BCUT2D eigenvalue weighted by Crippen LogP contribution is -2.23. The number of hydrogen-bond donors (Lipinski definition) is 4. The number of hydroxylamine groups is 2. The highest BCUT2D eigenvalue weighted by atomic mass is 16.5. The zero-order valence-corrected chi connectivity index (χ0v) is 6.76. The number of nitrogens with zero attached hydrogens (tertiary/aromatic N) is 2. The highest BCUT2D eigenvalue weighted by Gasteiger charge is 2.09. The van der Waals surface area contributed by atoms with E-state index in [0.717, 1.165) is 12.4 Å². The first-order valence-corrected chi connectivity index (χ1v) is 3.40. The highest BCUT2D eigenvalue weighted by Crippen LogP contribution is 1.94. The third kappa shape index (κ3) is 2.00. The molecule has 2 amide bonds. The summed E-state index contributed by atoms with van der Waals surface area (Å²) in [5, 5.41) is 16.5. The minimum absolute atomic E-state index is 0.151. The predicted molar refractivity (Wildman–Crippen MR) is 40.5 cm³/mol. The molecule has 8 nitrogen and oxygen atoms in total. The standard InChI is InChI=1S/C6H6N4O4/c11-5(9-13)3-1-7-4(2-8-3)6(12)10-14/h1-2,13-14H,(H,9,11)(H,10,12). The summed E-state index contributed by atoms with van der Waals surface area (Å²) < 4.78 is 0. The Morgan fingerprint density at radius 1 is 1.00 bits per heavy atom. The van der Waals surface area contributed by atoms with E-state index in [0.29, 0.717) is 0 Å². The number of carbonyl (C=O) groups is 2. The van der Waals surface area contributed by atoms with Crippen LogP contribution in [-0.4, -0.2) is 32.2 Å². The van der Waals surface area contributed by atoms with Crippen LogP contribution in [0.1, 0.15) is 21.0 Å². The van der Waals surface area contributed by atoms with Crippen molar-refractivity contribution in [2.24, 2.45) is 0 Å². The molecule has 1 aromatic heterocycles. The van der Waals surface area contributed by atoms with Crippen LogP contribution < -0.4 is 11.0 Å². The maximum atomic E-state index is 10.8.